The first-order valence-electron chi connectivity index (χ1n) is 7.78. The van der Waals surface area contributed by atoms with E-state index in [2.05, 4.69) is 16.0 Å². The summed E-state index contributed by atoms with van der Waals surface area (Å²) >= 11 is 0. The second kappa shape index (κ2) is 9.09. The quantitative estimate of drug-likeness (QED) is 0.654. The van der Waals surface area contributed by atoms with Gasteiger partial charge in [0.2, 0.25) is 5.91 Å². The largest absolute Gasteiger partial charge is 0.376 e. The Balaban J connectivity index is 1.53. The van der Waals surface area contributed by atoms with Crippen LogP contribution >= 0.6 is 0 Å². The SMILES string of the molecule is O=C(Cc1ccc(F)cc1)NCCNC(=O)NC[C@H]1CCCO1. The minimum atomic E-state index is -0.327. The van der Waals surface area contributed by atoms with E-state index in [9.17, 15) is 14.0 Å². The fourth-order valence-corrected chi connectivity index (χ4v) is 2.30. The number of hydrogen-bond donors (Lipinski definition) is 3. The monoisotopic (exact) mass is 323 g/mol. The molecular weight excluding hydrogens is 301 g/mol. The Bertz CT molecular complexity index is 516. The van der Waals surface area contributed by atoms with Crippen LogP contribution in [0.5, 0.6) is 0 Å². The molecule has 0 aliphatic carbocycles. The molecule has 1 aliphatic heterocycles. The third kappa shape index (κ3) is 6.65. The Hall–Kier alpha value is -2.15. The van der Waals surface area contributed by atoms with Crippen molar-refractivity contribution in [2.45, 2.75) is 25.4 Å². The third-order valence-electron chi connectivity index (χ3n) is 3.52. The summed E-state index contributed by atoms with van der Waals surface area (Å²) in [6.45, 7) is 1.94. The van der Waals surface area contributed by atoms with Crippen molar-refractivity contribution in [1.82, 2.24) is 16.0 Å². The average molecular weight is 323 g/mol. The number of ether oxygens (including phenoxy) is 1. The van der Waals surface area contributed by atoms with Crippen molar-refractivity contribution in [3.63, 3.8) is 0 Å². The molecule has 23 heavy (non-hydrogen) atoms. The van der Waals surface area contributed by atoms with E-state index in [-0.39, 0.29) is 30.3 Å². The fraction of sp³-hybridized carbons (Fsp3) is 0.500. The van der Waals surface area contributed by atoms with Gasteiger partial charge in [0.25, 0.3) is 0 Å². The van der Waals surface area contributed by atoms with Gasteiger partial charge in [0.1, 0.15) is 5.82 Å². The van der Waals surface area contributed by atoms with Gasteiger partial charge in [0.15, 0.2) is 0 Å². The van der Waals surface area contributed by atoms with E-state index < -0.39 is 0 Å². The molecule has 6 nitrogen and oxygen atoms in total. The lowest BCUT2D eigenvalue weighted by molar-refractivity contribution is -0.120. The minimum Gasteiger partial charge on any atom is -0.376 e. The molecule has 3 amide bonds. The Labute approximate surface area is 134 Å². The molecule has 0 unspecified atom stereocenters. The molecule has 126 valence electrons. The molecule has 1 aromatic carbocycles. The smallest absolute Gasteiger partial charge is 0.314 e. The maximum atomic E-state index is 12.8. The predicted octanol–water partition coefficient (Wildman–Crippen LogP) is 0.963. The highest BCUT2D eigenvalue weighted by Crippen LogP contribution is 2.10. The van der Waals surface area contributed by atoms with Gasteiger partial charge in [0, 0.05) is 26.2 Å². The maximum Gasteiger partial charge on any atom is 0.314 e. The number of carbonyl (C=O) groups excluding carboxylic acids is 2. The maximum absolute atomic E-state index is 12.8. The number of hydrogen-bond acceptors (Lipinski definition) is 3. The van der Waals surface area contributed by atoms with Crippen LogP contribution in [0.4, 0.5) is 9.18 Å². The molecular formula is C16H22FN3O3. The van der Waals surface area contributed by atoms with E-state index in [1.54, 1.807) is 12.1 Å². The Morgan fingerprint density at radius 2 is 1.87 bits per heavy atom. The molecule has 2 rings (SSSR count). The first kappa shape index (κ1) is 17.2. The van der Waals surface area contributed by atoms with Crippen LogP contribution in [0.15, 0.2) is 24.3 Å². The molecule has 1 heterocycles. The molecule has 1 saturated heterocycles. The van der Waals surface area contributed by atoms with Crippen molar-refractivity contribution in [3.8, 4) is 0 Å². The standard InChI is InChI=1S/C16H22FN3O3/c17-13-5-3-12(4-6-13)10-15(21)18-7-8-19-16(22)20-11-14-2-1-9-23-14/h3-6,14H,1-2,7-11H2,(H,18,21)(H2,19,20,22)/t14-/m1/s1. The molecule has 1 aromatic rings. The van der Waals surface area contributed by atoms with Crippen LogP contribution in [-0.4, -0.2) is 44.3 Å². The van der Waals surface area contributed by atoms with Crippen LogP contribution in [0.3, 0.4) is 0 Å². The summed E-state index contributed by atoms with van der Waals surface area (Å²) in [5.74, 6) is -0.495. The van der Waals surface area contributed by atoms with Crippen LogP contribution in [0.25, 0.3) is 0 Å². The van der Waals surface area contributed by atoms with Crippen LogP contribution in [0.1, 0.15) is 18.4 Å². The molecule has 1 aliphatic rings. The molecule has 0 saturated carbocycles. The Morgan fingerprint density at radius 1 is 1.13 bits per heavy atom. The second-order valence-electron chi connectivity index (χ2n) is 5.43. The molecule has 0 spiro atoms. The summed E-state index contributed by atoms with van der Waals surface area (Å²) in [7, 11) is 0. The van der Waals surface area contributed by atoms with Crippen molar-refractivity contribution < 1.29 is 18.7 Å². The van der Waals surface area contributed by atoms with Gasteiger partial charge in [0.05, 0.1) is 12.5 Å². The van der Waals surface area contributed by atoms with E-state index >= 15 is 0 Å². The Kier molecular flexibility index (Phi) is 6.80. The zero-order valence-electron chi connectivity index (χ0n) is 12.9. The highest BCUT2D eigenvalue weighted by molar-refractivity contribution is 5.78. The van der Waals surface area contributed by atoms with Gasteiger partial charge >= 0.3 is 6.03 Å². The lowest BCUT2D eigenvalue weighted by Crippen LogP contribution is -2.42. The van der Waals surface area contributed by atoms with Gasteiger partial charge in [-0.1, -0.05) is 12.1 Å². The number of carbonyl (C=O) groups is 2. The van der Waals surface area contributed by atoms with Gasteiger partial charge in [-0.15, -0.1) is 0 Å². The lowest BCUT2D eigenvalue weighted by Gasteiger charge is -2.12. The van der Waals surface area contributed by atoms with E-state index in [0.717, 1.165) is 25.0 Å². The topological polar surface area (TPSA) is 79.5 Å². The summed E-state index contributed by atoms with van der Waals surface area (Å²) in [6.07, 6.45) is 2.30. The second-order valence-corrected chi connectivity index (χ2v) is 5.43. The fourth-order valence-electron chi connectivity index (χ4n) is 2.30. The highest BCUT2D eigenvalue weighted by Gasteiger charge is 2.15. The number of halogens is 1. The summed E-state index contributed by atoms with van der Waals surface area (Å²) in [5.41, 5.74) is 0.742. The third-order valence-corrected chi connectivity index (χ3v) is 3.52. The van der Waals surface area contributed by atoms with Gasteiger partial charge in [-0.05, 0) is 30.5 Å². The number of nitrogens with one attached hydrogen (secondary N) is 3. The predicted molar refractivity (Wildman–Crippen MR) is 83.5 cm³/mol. The van der Waals surface area contributed by atoms with Crippen molar-refractivity contribution in [1.29, 1.82) is 0 Å². The molecule has 3 N–H and O–H groups in total. The molecule has 0 aromatic heterocycles. The van der Waals surface area contributed by atoms with Gasteiger partial charge < -0.3 is 20.7 Å². The first-order valence-corrected chi connectivity index (χ1v) is 7.78. The Morgan fingerprint density at radius 3 is 2.57 bits per heavy atom. The molecule has 7 heteroatoms. The summed E-state index contributed by atoms with van der Waals surface area (Å²) in [5, 5.41) is 8.10. The normalized spacial score (nSPS) is 16.8. The zero-order valence-corrected chi connectivity index (χ0v) is 12.9. The first-order chi connectivity index (χ1) is 11.1. The van der Waals surface area contributed by atoms with Crippen molar-refractivity contribution >= 4 is 11.9 Å². The molecule has 1 fully saturated rings. The van der Waals surface area contributed by atoms with Gasteiger partial charge in [-0.3, -0.25) is 4.79 Å². The van der Waals surface area contributed by atoms with Crippen LogP contribution in [0.2, 0.25) is 0 Å². The van der Waals surface area contributed by atoms with Crippen LogP contribution in [0, 0.1) is 5.82 Å². The number of benzene rings is 1. The van der Waals surface area contributed by atoms with E-state index in [4.69, 9.17) is 4.74 Å². The highest BCUT2D eigenvalue weighted by atomic mass is 19.1. The van der Waals surface area contributed by atoms with Gasteiger partial charge in [-0.25, -0.2) is 9.18 Å². The summed E-state index contributed by atoms with van der Waals surface area (Å²) < 4.78 is 18.2. The van der Waals surface area contributed by atoms with E-state index in [1.165, 1.54) is 12.1 Å². The van der Waals surface area contributed by atoms with Crippen molar-refractivity contribution in [2.75, 3.05) is 26.2 Å². The van der Waals surface area contributed by atoms with E-state index in [0.29, 0.717) is 19.6 Å². The average Bonchev–Trinajstić information content (AvgIpc) is 3.05. The number of urea groups is 1. The van der Waals surface area contributed by atoms with Gasteiger partial charge in [-0.2, -0.15) is 0 Å². The van der Waals surface area contributed by atoms with Crippen LogP contribution < -0.4 is 16.0 Å². The number of rotatable bonds is 7. The summed E-state index contributed by atoms with van der Waals surface area (Å²) in [4.78, 5) is 23.2. The number of amides is 3. The zero-order chi connectivity index (χ0) is 16.5. The van der Waals surface area contributed by atoms with Crippen LogP contribution in [-0.2, 0) is 16.0 Å². The minimum absolute atomic E-state index is 0.108. The van der Waals surface area contributed by atoms with Crippen molar-refractivity contribution in [3.05, 3.63) is 35.6 Å². The summed E-state index contributed by atoms with van der Waals surface area (Å²) in [6, 6.07) is 5.52. The van der Waals surface area contributed by atoms with Crippen molar-refractivity contribution in [2.24, 2.45) is 0 Å². The molecule has 0 radical (unpaired) electrons. The molecule has 1 atom stereocenters. The van der Waals surface area contributed by atoms with E-state index in [1.807, 2.05) is 0 Å². The lowest BCUT2D eigenvalue weighted by atomic mass is 10.1. The molecule has 0 bridgehead atoms.